The van der Waals surface area contributed by atoms with Crippen molar-refractivity contribution < 1.29 is 9.18 Å². The lowest BCUT2D eigenvalue weighted by Crippen LogP contribution is -2.52. The first-order chi connectivity index (χ1) is 14.0. The van der Waals surface area contributed by atoms with E-state index in [0.29, 0.717) is 16.7 Å². The van der Waals surface area contributed by atoms with E-state index >= 15 is 0 Å². The summed E-state index contributed by atoms with van der Waals surface area (Å²) in [7, 11) is 1.93. The molecule has 2 N–H and O–H groups in total. The molecule has 1 aromatic carbocycles. The summed E-state index contributed by atoms with van der Waals surface area (Å²) in [6.07, 6.45) is 2.71. The average molecular weight is 417 g/mol. The molecule has 154 valence electrons. The Bertz CT molecular complexity index is 988. The van der Waals surface area contributed by atoms with Gasteiger partial charge in [0.2, 0.25) is 10.1 Å². The average Bonchev–Trinajstić information content (AvgIpc) is 3.36. The number of carbonyl (C=O) groups excluding carboxylic acids is 1. The zero-order chi connectivity index (χ0) is 20.4. The fraction of sp³-hybridized carbons (Fsp3) is 0.450. The van der Waals surface area contributed by atoms with E-state index in [1.807, 2.05) is 48.2 Å². The first-order valence-corrected chi connectivity index (χ1v) is 10.6. The maximum absolute atomic E-state index is 13.2. The van der Waals surface area contributed by atoms with Gasteiger partial charge in [-0.05, 0) is 32.0 Å². The number of carbonyl (C=O) groups is 1. The zero-order valence-corrected chi connectivity index (χ0v) is 17.4. The van der Waals surface area contributed by atoms with Crippen LogP contribution in [0.3, 0.4) is 0 Å². The minimum atomic E-state index is -0.398. The number of hydrogen-bond donors (Lipinski definition) is 2. The summed E-state index contributed by atoms with van der Waals surface area (Å²) in [5, 5.41) is 13.4. The number of anilines is 1. The van der Waals surface area contributed by atoms with E-state index in [9.17, 15) is 9.18 Å². The van der Waals surface area contributed by atoms with Gasteiger partial charge < -0.3 is 15.2 Å². The molecule has 0 bridgehead atoms. The molecule has 2 unspecified atom stereocenters. The molecule has 1 saturated heterocycles. The first kappa shape index (κ1) is 19.8. The fourth-order valence-electron chi connectivity index (χ4n) is 3.69. The van der Waals surface area contributed by atoms with Crippen molar-refractivity contribution in [3.63, 3.8) is 0 Å². The van der Waals surface area contributed by atoms with Crippen LogP contribution in [-0.2, 0) is 6.42 Å². The van der Waals surface area contributed by atoms with E-state index in [1.54, 1.807) is 0 Å². The van der Waals surface area contributed by atoms with Crippen LogP contribution < -0.4 is 10.2 Å². The van der Waals surface area contributed by atoms with Crippen LogP contribution in [0.1, 0.15) is 22.3 Å². The van der Waals surface area contributed by atoms with Crippen LogP contribution in [0.5, 0.6) is 0 Å². The van der Waals surface area contributed by atoms with Gasteiger partial charge in [-0.1, -0.05) is 29.5 Å². The zero-order valence-electron chi connectivity index (χ0n) is 16.6. The lowest BCUT2D eigenvalue weighted by molar-refractivity contribution is 0.0939. The standard InChI is InChI=1S/C20H25FN6OS/c1-13(9-14-11-22-17-6-4-3-5-16(14)17)23-18(28)19-24-25-20(29-19)27-8-7-26(2)15(10-21)12-27/h3-6,11,13,15,22H,7-10,12H2,1-2H3,(H,23,28). The number of para-hydroxylation sites is 1. The molecule has 1 fully saturated rings. The number of alkyl halides is 1. The van der Waals surface area contributed by atoms with Crippen LogP contribution in [0, 0.1) is 0 Å². The van der Waals surface area contributed by atoms with Crippen molar-refractivity contribution in [3.8, 4) is 0 Å². The largest absolute Gasteiger partial charge is 0.361 e. The number of halogens is 1. The number of aromatic amines is 1. The van der Waals surface area contributed by atoms with Crippen LogP contribution in [0.25, 0.3) is 10.9 Å². The Kier molecular flexibility index (Phi) is 5.77. The van der Waals surface area contributed by atoms with Gasteiger partial charge in [0.1, 0.15) is 6.67 Å². The second kappa shape index (κ2) is 8.46. The van der Waals surface area contributed by atoms with Gasteiger partial charge >= 0.3 is 0 Å². The Labute approximate surface area is 172 Å². The molecule has 1 amide bonds. The quantitative estimate of drug-likeness (QED) is 0.646. The summed E-state index contributed by atoms with van der Waals surface area (Å²) in [5.41, 5.74) is 2.26. The number of rotatable bonds is 6. The number of H-pyrrole nitrogens is 1. The number of likely N-dealkylation sites (N-methyl/N-ethyl adjacent to an activating group) is 1. The van der Waals surface area contributed by atoms with Crippen LogP contribution in [0.2, 0.25) is 0 Å². The number of benzene rings is 1. The molecule has 0 aliphatic carbocycles. The Morgan fingerprint density at radius 3 is 3.03 bits per heavy atom. The summed E-state index contributed by atoms with van der Waals surface area (Å²) in [6.45, 7) is 3.65. The van der Waals surface area contributed by atoms with E-state index in [0.717, 1.165) is 25.0 Å². The molecular formula is C20H25FN6OS. The third kappa shape index (κ3) is 4.25. The molecule has 1 aliphatic rings. The molecule has 3 aromatic rings. The predicted molar refractivity (Wildman–Crippen MR) is 113 cm³/mol. The van der Waals surface area contributed by atoms with Crippen LogP contribution in [0.15, 0.2) is 30.5 Å². The molecule has 9 heteroatoms. The van der Waals surface area contributed by atoms with Crippen LogP contribution >= 0.6 is 11.3 Å². The predicted octanol–water partition coefficient (Wildman–Crippen LogP) is 2.47. The number of amides is 1. The van der Waals surface area contributed by atoms with Gasteiger partial charge in [0.15, 0.2) is 0 Å². The molecule has 0 saturated carbocycles. The van der Waals surface area contributed by atoms with Gasteiger partial charge in [0.25, 0.3) is 5.91 Å². The summed E-state index contributed by atoms with van der Waals surface area (Å²) < 4.78 is 13.2. The molecule has 1 aliphatic heterocycles. The topological polar surface area (TPSA) is 77.1 Å². The lowest BCUT2D eigenvalue weighted by atomic mass is 10.1. The van der Waals surface area contributed by atoms with Crippen molar-refractivity contribution in [1.82, 2.24) is 25.4 Å². The normalized spacial score (nSPS) is 18.9. The second-order valence-corrected chi connectivity index (χ2v) is 8.52. The maximum atomic E-state index is 13.2. The summed E-state index contributed by atoms with van der Waals surface area (Å²) in [6, 6.07) is 7.92. The second-order valence-electron chi connectivity index (χ2n) is 7.56. The van der Waals surface area contributed by atoms with Crippen molar-refractivity contribution in [2.75, 3.05) is 38.3 Å². The van der Waals surface area contributed by atoms with Gasteiger partial charge in [0.05, 0.1) is 6.04 Å². The first-order valence-electron chi connectivity index (χ1n) is 9.75. The van der Waals surface area contributed by atoms with Crippen molar-refractivity contribution >= 4 is 33.3 Å². The van der Waals surface area contributed by atoms with Gasteiger partial charge in [-0.25, -0.2) is 4.39 Å². The fourth-order valence-corrected chi connectivity index (χ4v) is 4.47. The van der Waals surface area contributed by atoms with E-state index in [1.165, 1.54) is 22.3 Å². The molecule has 4 rings (SSSR count). The minimum Gasteiger partial charge on any atom is -0.361 e. The smallest absolute Gasteiger partial charge is 0.282 e. The monoisotopic (exact) mass is 416 g/mol. The highest BCUT2D eigenvalue weighted by atomic mass is 32.1. The van der Waals surface area contributed by atoms with Crippen LogP contribution in [0.4, 0.5) is 9.52 Å². The van der Waals surface area contributed by atoms with Crippen LogP contribution in [-0.4, -0.2) is 71.4 Å². The lowest BCUT2D eigenvalue weighted by Gasteiger charge is -2.37. The molecule has 3 heterocycles. The van der Waals surface area contributed by atoms with Gasteiger partial charge in [-0.15, -0.1) is 10.2 Å². The highest BCUT2D eigenvalue weighted by Crippen LogP contribution is 2.24. The Balaban J connectivity index is 1.37. The third-order valence-corrected chi connectivity index (χ3v) is 6.40. The number of nitrogens with zero attached hydrogens (tertiary/aromatic N) is 4. The molecule has 2 atom stereocenters. The highest BCUT2D eigenvalue weighted by Gasteiger charge is 2.27. The third-order valence-electron chi connectivity index (χ3n) is 5.41. The Morgan fingerprint density at radius 2 is 2.21 bits per heavy atom. The van der Waals surface area contributed by atoms with Crippen molar-refractivity contribution in [1.29, 1.82) is 0 Å². The van der Waals surface area contributed by atoms with E-state index in [4.69, 9.17) is 0 Å². The Morgan fingerprint density at radius 1 is 1.38 bits per heavy atom. The number of piperazine rings is 1. The maximum Gasteiger partial charge on any atom is 0.282 e. The summed E-state index contributed by atoms with van der Waals surface area (Å²) >= 11 is 1.26. The van der Waals surface area contributed by atoms with Crippen molar-refractivity contribution in [2.45, 2.75) is 25.4 Å². The molecule has 0 spiro atoms. The minimum absolute atomic E-state index is 0.0476. The van der Waals surface area contributed by atoms with Crippen molar-refractivity contribution in [2.24, 2.45) is 0 Å². The van der Waals surface area contributed by atoms with E-state index in [2.05, 4.69) is 26.6 Å². The molecular weight excluding hydrogens is 391 g/mol. The molecule has 29 heavy (non-hydrogen) atoms. The van der Waals surface area contributed by atoms with Gasteiger partial charge in [-0.2, -0.15) is 0 Å². The Hall–Kier alpha value is -2.52. The number of nitrogens with one attached hydrogen (secondary N) is 2. The van der Waals surface area contributed by atoms with Gasteiger partial charge in [-0.3, -0.25) is 9.69 Å². The molecule has 2 aromatic heterocycles. The highest BCUT2D eigenvalue weighted by molar-refractivity contribution is 7.17. The number of fused-ring (bicyclic) bond motifs is 1. The summed E-state index contributed by atoms with van der Waals surface area (Å²) in [4.78, 5) is 19.9. The van der Waals surface area contributed by atoms with Crippen molar-refractivity contribution in [3.05, 3.63) is 41.0 Å². The number of hydrogen-bond acceptors (Lipinski definition) is 6. The number of aromatic nitrogens is 3. The molecule has 0 radical (unpaired) electrons. The summed E-state index contributed by atoms with van der Waals surface area (Å²) in [5.74, 6) is -0.225. The molecule has 7 nitrogen and oxygen atoms in total. The van der Waals surface area contributed by atoms with E-state index < -0.39 is 6.67 Å². The van der Waals surface area contributed by atoms with Gasteiger partial charge in [0, 0.05) is 42.8 Å². The van der Waals surface area contributed by atoms with E-state index in [-0.39, 0.29) is 18.0 Å². The SMILES string of the molecule is CC(Cc1c[nH]c2ccccc12)NC(=O)c1nnc(N2CCN(C)C(CF)C2)s1.